The minimum atomic E-state index is 0.206. The fourth-order valence-corrected chi connectivity index (χ4v) is 2.92. The molecule has 3 nitrogen and oxygen atoms in total. The normalized spacial score (nSPS) is 14.7. The fraction of sp³-hybridized carbons (Fsp3) is 0.562. The average Bonchev–Trinajstić information content (AvgIpc) is 2.79. The zero-order chi connectivity index (χ0) is 13.8. The highest BCUT2D eigenvalue weighted by atomic mass is 15.1. The Labute approximate surface area is 115 Å². The number of para-hydroxylation sites is 2. The number of rotatable bonds is 6. The minimum Gasteiger partial charge on any atom is -0.326 e. The fourth-order valence-electron chi connectivity index (χ4n) is 2.92. The first kappa shape index (κ1) is 14.1. The minimum absolute atomic E-state index is 0.206. The van der Waals surface area contributed by atoms with Gasteiger partial charge in [0, 0.05) is 12.5 Å². The van der Waals surface area contributed by atoms with Gasteiger partial charge in [0.05, 0.1) is 17.1 Å². The number of fused-ring (bicyclic) bond motifs is 1. The Bertz CT molecular complexity index is 530. The van der Waals surface area contributed by atoms with E-state index in [-0.39, 0.29) is 6.04 Å². The second kappa shape index (κ2) is 6.20. The highest BCUT2D eigenvalue weighted by Crippen LogP contribution is 2.26. The van der Waals surface area contributed by atoms with Crippen LogP contribution in [0.5, 0.6) is 0 Å². The lowest BCUT2D eigenvalue weighted by molar-refractivity contribution is 0.377. The van der Waals surface area contributed by atoms with Crippen molar-refractivity contribution in [1.29, 1.82) is 0 Å². The van der Waals surface area contributed by atoms with Crippen LogP contribution >= 0.6 is 0 Å². The van der Waals surface area contributed by atoms with E-state index in [1.165, 1.54) is 5.52 Å². The van der Waals surface area contributed by atoms with Gasteiger partial charge in [-0.15, -0.1) is 0 Å². The molecule has 2 aromatic rings. The molecular formula is C16H25N3. The zero-order valence-electron chi connectivity index (χ0n) is 12.3. The molecule has 2 unspecified atom stereocenters. The average molecular weight is 259 g/mol. The summed E-state index contributed by atoms with van der Waals surface area (Å²) in [7, 11) is 0. The van der Waals surface area contributed by atoms with Gasteiger partial charge < -0.3 is 10.3 Å². The van der Waals surface area contributed by atoms with Gasteiger partial charge in [0.2, 0.25) is 0 Å². The molecule has 0 radical (unpaired) electrons. The summed E-state index contributed by atoms with van der Waals surface area (Å²) in [5.41, 5.74) is 8.70. The molecule has 1 aromatic heterocycles. The van der Waals surface area contributed by atoms with Crippen molar-refractivity contribution < 1.29 is 0 Å². The van der Waals surface area contributed by atoms with Crippen molar-refractivity contribution in [3.8, 4) is 0 Å². The van der Waals surface area contributed by atoms with E-state index in [1.54, 1.807) is 0 Å². The van der Waals surface area contributed by atoms with Gasteiger partial charge in [0.25, 0.3) is 0 Å². The predicted molar refractivity (Wildman–Crippen MR) is 81.3 cm³/mol. The molecule has 3 heteroatoms. The molecule has 1 heterocycles. The highest BCUT2D eigenvalue weighted by molar-refractivity contribution is 5.76. The van der Waals surface area contributed by atoms with Crippen LogP contribution in [0.15, 0.2) is 24.3 Å². The van der Waals surface area contributed by atoms with Crippen LogP contribution in [-0.4, -0.2) is 15.6 Å². The molecule has 104 valence electrons. The van der Waals surface area contributed by atoms with Crippen molar-refractivity contribution in [2.45, 2.75) is 58.5 Å². The number of hydrogen-bond acceptors (Lipinski definition) is 2. The Morgan fingerprint density at radius 3 is 2.58 bits per heavy atom. The van der Waals surface area contributed by atoms with E-state index in [0.717, 1.165) is 37.0 Å². The predicted octanol–water partition coefficient (Wildman–Crippen LogP) is 3.68. The topological polar surface area (TPSA) is 43.8 Å². The van der Waals surface area contributed by atoms with Gasteiger partial charge in [-0.3, -0.25) is 0 Å². The van der Waals surface area contributed by atoms with Crippen LogP contribution in [0, 0.1) is 0 Å². The third-order valence-corrected chi connectivity index (χ3v) is 3.85. The highest BCUT2D eigenvalue weighted by Gasteiger charge is 2.21. The maximum Gasteiger partial charge on any atom is 0.109 e. The van der Waals surface area contributed by atoms with Gasteiger partial charge in [-0.1, -0.05) is 39.3 Å². The van der Waals surface area contributed by atoms with Gasteiger partial charge in [-0.05, 0) is 25.0 Å². The Hall–Kier alpha value is -1.35. The summed E-state index contributed by atoms with van der Waals surface area (Å²) in [5.74, 6) is 1.15. The first-order valence-corrected chi connectivity index (χ1v) is 7.44. The van der Waals surface area contributed by atoms with Gasteiger partial charge in [-0.2, -0.15) is 0 Å². The molecule has 0 aliphatic heterocycles. The zero-order valence-corrected chi connectivity index (χ0v) is 12.3. The summed E-state index contributed by atoms with van der Waals surface area (Å²) in [6.45, 7) is 6.57. The molecule has 0 saturated carbocycles. The van der Waals surface area contributed by atoms with Gasteiger partial charge in [0.1, 0.15) is 5.82 Å². The maximum atomic E-state index is 6.40. The summed E-state index contributed by atoms with van der Waals surface area (Å²) in [4.78, 5) is 4.75. The number of nitrogens with zero attached hydrogens (tertiary/aromatic N) is 2. The van der Waals surface area contributed by atoms with Crippen molar-refractivity contribution in [2.24, 2.45) is 5.73 Å². The first-order valence-electron chi connectivity index (χ1n) is 7.44. The van der Waals surface area contributed by atoms with E-state index in [1.807, 2.05) is 6.07 Å². The van der Waals surface area contributed by atoms with Crippen molar-refractivity contribution in [1.82, 2.24) is 9.55 Å². The van der Waals surface area contributed by atoms with Crippen molar-refractivity contribution in [3.63, 3.8) is 0 Å². The largest absolute Gasteiger partial charge is 0.326 e. The lowest BCUT2D eigenvalue weighted by Gasteiger charge is -2.26. The lowest BCUT2D eigenvalue weighted by Crippen LogP contribution is -2.32. The third-order valence-electron chi connectivity index (χ3n) is 3.85. The van der Waals surface area contributed by atoms with Crippen LogP contribution in [0.3, 0.4) is 0 Å². The molecule has 0 fully saturated rings. The SMILES string of the molecule is CCCC(N)C(CC)n1c(CC)nc2ccccc21. The molecule has 0 amide bonds. The lowest BCUT2D eigenvalue weighted by atomic mass is 10.0. The molecule has 2 N–H and O–H groups in total. The summed E-state index contributed by atoms with van der Waals surface area (Å²) < 4.78 is 2.37. The summed E-state index contributed by atoms with van der Waals surface area (Å²) in [5, 5.41) is 0. The number of aromatic nitrogens is 2. The number of hydrogen-bond donors (Lipinski definition) is 1. The van der Waals surface area contributed by atoms with Gasteiger partial charge in [-0.25, -0.2) is 4.98 Å². The van der Waals surface area contributed by atoms with Crippen LogP contribution in [-0.2, 0) is 6.42 Å². The number of aryl methyl sites for hydroxylation is 1. The molecular weight excluding hydrogens is 234 g/mol. The smallest absolute Gasteiger partial charge is 0.109 e. The molecule has 2 rings (SSSR count). The Morgan fingerprint density at radius 1 is 1.21 bits per heavy atom. The maximum absolute atomic E-state index is 6.40. The number of nitrogens with two attached hydrogens (primary N) is 1. The summed E-state index contributed by atoms with van der Waals surface area (Å²) >= 11 is 0. The molecule has 0 bridgehead atoms. The van der Waals surface area contributed by atoms with Crippen LogP contribution in [0.25, 0.3) is 11.0 Å². The molecule has 0 spiro atoms. The molecule has 1 aromatic carbocycles. The summed E-state index contributed by atoms with van der Waals surface area (Å²) in [6.07, 6.45) is 4.19. The van der Waals surface area contributed by atoms with E-state index in [4.69, 9.17) is 10.7 Å². The molecule has 0 aliphatic rings. The van der Waals surface area contributed by atoms with Gasteiger partial charge >= 0.3 is 0 Å². The first-order chi connectivity index (χ1) is 9.22. The van der Waals surface area contributed by atoms with E-state index in [0.29, 0.717) is 6.04 Å². The van der Waals surface area contributed by atoms with E-state index >= 15 is 0 Å². The summed E-state index contributed by atoms with van der Waals surface area (Å²) in [6, 6.07) is 8.93. The van der Waals surface area contributed by atoms with Crippen molar-refractivity contribution >= 4 is 11.0 Å². The Morgan fingerprint density at radius 2 is 1.95 bits per heavy atom. The van der Waals surface area contributed by atoms with E-state index in [9.17, 15) is 0 Å². The molecule has 2 atom stereocenters. The van der Waals surface area contributed by atoms with E-state index in [2.05, 4.69) is 43.5 Å². The monoisotopic (exact) mass is 259 g/mol. The Balaban J connectivity index is 2.51. The van der Waals surface area contributed by atoms with Gasteiger partial charge in [0.15, 0.2) is 0 Å². The number of imidazole rings is 1. The quantitative estimate of drug-likeness (QED) is 0.860. The van der Waals surface area contributed by atoms with Crippen LogP contribution in [0.4, 0.5) is 0 Å². The van der Waals surface area contributed by atoms with Crippen LogP contribution < -0.4 is 5.73 Å². The Kier molecular flexibility index (Phi) is 4.59. The second-order valence-corrected chi connectivity index (χ2v) is 5.17. The van der Waals surface area contributed by atoms with Crippen LogP contribution in [0.2, 0.25) is 0 Å². The molecule has 19 heavy (non-hydrogen) atoms. The standard InChI is InChI=1S/C16H25N3/c1-4-9-12(17)14(5-2)19-15-11-8-7-10-13(15)18-16(19)6-3/h7-8,10-12,14H,4-6,9,17H2,1-3H3. The third kappa shape index (κ3) is 2.66. The molecule has 0 saturated heterocycles. The number of benzene rings is 1. The van der Waals surface area contributed by atoms with Crippen LogP contribution in [0.1, 0.15) is 51.9 Å². The van der Waals surface area contributed by atoms with E-state index < -0.39 is 0 Å². The van der Waals surface area contributed by atoms with Crippen molar-refractivity contribution in [2.75, 3.05) is 0 Å². The van der Waals surface area contributed by atoms with Crippen molar-refractivity contribution in [3.05, 3.63) is 30.1 Å². The second-order valence-electron chi connectivity index (χ2n) is 5.17. The molecule has 0 aliphatic carbocycles.